The van der Waals surface area contributed by atoms with E-state index in [2.05, 4.69) is 5.32 Å². The van der Waals surface area contributed by atoms with Crippen molar-refractivity contribution in [2.24, 2.45) is 0 Å². The number of carbonyl (C=O) groups is 1. The van der Waals surface area contributed by atoms with Crippen LogP contribution >= 0.6 is 0 Å². The van der Waals surface area contributed by atoms with Gasteiger partial charge in [-0.1, -0.05) is 91.0 Å². The predicted octanol–water partition coefficient (Wildman–Crippen LogP) is 3.91. The number of carbonyl (C=O) groups excluding carboxylic acids is 1. The Morgan fingerprint density at radius 3 is 1.56 bits per heavy atom. The summed E-state index contributed by atoms with van der Waals surface area (Å²) < 4.78 is 18.9. The zero-order valence-corrected chi connectivity index (χ0v) is 18.0. The summed E-state index contributed by atoms with van der Waals surface area (Å²) in [4.78, 5) is 11.8. The Morgan fingerprint density at radius 1 is 0.656 bits per heavy atom. The molecule has 0 bridgehead atoms. The Bertz CT molecular complexity index is 936. The van der Waals surface area contributed by atoms with Crippen LogP contribution < -0.4 is 5.32 Å². The predicted molar refractivity (Wildman–Crippen MR) is 123 cm³/mol. The third-order valence-electron chi connectivity index (χ3n) is 5.62. The van der Waals surface area contributed by atoms with E-state index in [1.54, 1.807) is 0 Å². The number of benzene rings is 3. The summed E-state index contributed by atoms with van der Waals surface area (Å²) in [6.45, 7) is 1.80. The van der Waals surface area contributed by atoms with Gasteiger partial charge in [-0.25, -0.2) is 0 Å². The number of ether oxygens (including phenoxy) is 3. The van der Waals surface area contributed by atoms with Crippen LogP contribution in [0.4, 0.5) is 0 Å². The van der Waals surface area contributed by atoms with E-state index in [1.807, 2.05) is 91.0 Å². The van der Waals surface area contributed by atoms with Gasteiger partial charge in [0.2, 0.25) is 0 Å². The van der Waals surface area contributed by atoms with Gasteiger partial charge in [-0.15, -0.1) is 0 Å². The van der Waals surface area contributed by atoms with Crippen molar-refractivity contribution >= 4 is 6.29 Å². The lowest BCUT2D eigenvalue weighted by atomic mass is 9.96. The monoisotopic (exact) mass is 431 g/mol. The van der Waals surface area contributed by atoms with Crippen LogP contribution in [-0.2, 0) is 38.8 Å². The largest absolute Gasteiger partial charge is 0.369 e. The number of hydrogen-bond donors (Lipinski definition) is 1. The summed E-state index contributed by atoms with van der Waals surface area (Å²) in [5.74, 6) is 0. The molecule has 4 atom stereocenters. The summed E-state index contributed by atoms with van der Waals surface area (Å²) in [5, 5.41) is 3.27. The molecule has 32 heavy (non-hydrogen) atoms. The molecule has 166 valence electrons. The fourth-order valence-electron chi connectivity index (χ4n) is 3.89. The van der Waals surface area contributed by atoms with Gasteiger partial charge in [-0.05, 0) is 16.7 Å². The lowest BCUT2D eigenvalue weighted by molar-refractivity contribution is -0.175. The highest BCUT2D eigenvalue weighted by Gasteiger charge is 2.41. The molecule has 0 spiro atoms. The quantitative estimate of drug-likeness (QED) is 0.493. The second kappa shape index (κ2) is 11.7. The summed E-state index contributed by atoms with van der Waals surface area (Å²) >= 11 is 0. The minimum absolute atomic E-state index is 0.254. The fourth-order valence-corrected chi connectivity index (χ4v) is 3.89. The average Bonchev–Trinajstić information content (AvgIpc) is 2.87. The summed E-state index contributed by atoms with van der Waals surface area (Å²) in [7, 11) is 0. The zero-order valence-electron chi connectivity index (χ0n) is 18.0. The maximum Gasteiger partial charge on any atom is 0.139 e. The van der Waals surface area contributed by atoms with E-state index in [4.69, 9.17) is 14.2 Å². The molecule has 0 radical (unpaired) electrons. The van der Waals surface area contributed by atoms with Crippen molar-refractivity contribution in [3.63, 3.8) is 0 Å². The fraction of sp³-hybridized carbons (Fsp3) is 0.296. The van der Waals surface area contributed by atoms with Crippen molar-refractivity contribution < 1.29 is 19.0 Å². The Morgan fingerprint density at radius 2 is 1.09 bits per heavy atom. The molecule has 0 saturated carbocycles. The first kappa shape index (κ1) is 22.4. The van der Waals surface area contributed by atoms with Crippen LogP contribution in [0.15, 0.2) is 91.0 Å². The first-order valence-corrected chi connectivity index (χ1v) is 11.0. The van der Waals surface area contributed by atoms with Gasteiger partial charge in [0.1, 0.15) is 18.5 Å². The molecule has 1 saturated heterocycles. The molecule has 1 aliphatic rings. The normalized spacial score (nSPS) is 23.0. The molecule has 5 heteroatoms. The number of aldehydes is 1. The van der Waals surface area contributed by atoms with Crippen molar-refractivity contribution in [2.75, 3.05) is 6.54 Å². The topological polar surface area (TPSA) is 56.8 Å². The maximum atomic E-state index is 11.8. The van der Waals surface area contributed by atoms with Gasteiger partial charge < -0.3 is 24.3 Å². The van der Waals surface area contributed by atoms with E-state index in [1.165, 1.54) is 0 Å². The number of rotatable bonds is 10. The molecule has 5 nitrogen and oxygen atoms in total. The molecular weight excluding hydrogens is 402 g/mol. The van der Waals surface area contributed by atoms with Gasteiger partial charge in [0.15, 0.2) is 0 Å². The third-order valence-corrected chi connectivity index (χ3v) is 5.62. The molecule has 4 rings (SSSR count). The molecule has 3 aromatic carbocycles. The van der Waals surface area contributed by atoms with Gasteiger partial charge in [0.25, 0.3) is 0 Å². The molecule has 3 aromatic rings. The Balaban J connectivity index is 1.49. The molecule has 0 amide bonds. The minimum atomic E-state index is -0.467. The van der Waals surface area contributed by atoms with E-state index in [9.17, 15) is 4.79 Å². The maximum absolute atomic E-state index is 11.8. The van der Waals surface area contributed by atoms with Gasteiger partial charge >= 0.3 is 0 Å². The van der Waals surface area contributed by atoms with Crippen molar-refractivity contribution in [1.29, 1.82) is 0 Å². The van der Waals surface area contributed by atoms with Crippen molar-refractivity contribution in [2.45, 2.75) is 44.2 Å². The summed E-state index contributed by atoms with van der Waals surface area (Å²) in [5.41, 5.74) is 3.21. The number of piperidine rings is 1. The first-order valence-electron chi connectivity index (χ1n) is 11.0. The molecule has 0 aliphatic carbocycles. The number of hydrogen-bond acceptors (Lipinski definition) is 5. The molecule has 1 heterocycles. The van der Waals surface area contributed by atoms with E-state index in [0.29, 0.717) is 26.4 Å². The second-order valence-corrected chi connectivity index (χ2v) is 7.93. The van der Waals surface area contributed by atoms with Gasteiger partial charge in [0.05, 0.1) is 32.0 Å². The second-order valence-electron chi connectivity index (χ2n) is 7.93. The van der Waals surface area contributed by atoms with Crippen LogP contribution in [0.5, 0.6) is 0 Å². The lowest BCUT2D eigenvalue weighted by Gasteiger charge is -2.41. The van der Waals surface area contributed by atoms with Crippen LogP contribution in [0.25, 0.3) is 0 Å². The molecule has 4 unspecified atom stereocenters. The van der Waals surface area contributed by atoms with Gasteiger partial charge in [-0.2, -0.15) is 0 Å². The zero-order chi connectivity index (χ0) is 22.0. The molecular formula is C27H29NO4. The minimum Gasteiger partial charge on any atom is -0.369 e. The van der Waals surface area contributed by atoms with E-state index in [-0.39, 0.29) is 12.2 Å². The average molecular weight is 432 g/mol. The summed E-state index contributed by atoms with van der Waals surface area (Å²) in [6, 6.07) is 29.5. The molecule has 1 fully saturated rings. The standard InChI is InChI=1S/C27H29NO4/c29-17-24-26(31-19-22-12-6-2-7-13-22)27(32-20-23-14-8-3-9-15-23)25(16-28-24)30-18-21-10-4-1-5-11-21/h1-15,17,24-28H,16,18-20H2. The highest BCUT2D eigenvalue weighted by Crippen LogP contribution is 2.23. The Labute approximate surface area is 189 Å². The van der Waals surface area contributed by atoms with Crippen LogP contribution in [-0.4, -0.2) is 37.2 Å². The lowest BCUT2D eigenvalue weighted by Crippen LogP contribution is -2.62. The molecule has 1 N–H and O–H groups in total. The SMILES string of the molecule is O=CC1NCC(OCc2ccccc2)C(OCc2ccccc2)C1OCc1ccccc1. The smallest absolute Gasteiger partial charge is 0.139 e. The van der Waals surface area contributed by atoms with Gasteiger partial charge in [0, 0.05) is 6.54 Å². The van der Waals surface area contributed by atoms with Crippen LogP contribution in [0.1, 0.15) is 16.7 Å². The van der Waals surface area contributed by atoms with Crippen LogP contribution in [0.2, 0.25) is 0 Å². The Kier molecular flexibility index (Phi) is 8.17. The Hall–Kier alpha value is -2.83. The van der Waals surface area contributed by atoms with E-state index >= 15 is 0 Å². The molecule has 1 aliphatic heterocycles. The van der Waals surface area contributed by atoms with Crippen LogP contribution in [0.3, 0.4) is 0 Å². The van der Waals surface area contributed by atoms with Crippen molar-refractivity contribution in [3.8, 4) is 0 Å². The van der Waals surface area contributed by atoms with Gasteiger partial charge in [-0.3, -0.25) is 0 Å². The van der Waals surface area contributed by atoms with E-state index in [0.717, 1.165) is 23.0 Å². The molecule has 0 aromatic heterocycles. The van der Waals surface area contributed by atoms with E-state index < -0.39 is 12.1 Å². The van der Waals surface area contributed by atoms with Crippen LogP contribution in [0, 0.1) is 0 Å². The highest BCUT2D eigenvalue weighted by atomic mass is 16.6. The van der Waals surface area contributed by atoms with Crippen molar-refractivity contribution in [1.82, 2.24) is 5.32 Å². The van der Waals surface area contributed by atoms with Crippen molar-refractivity contribution in [3.05, 3.63) is 108 Å². The third kappa shape index (κ3) is 6.11. The first-order chi connectivity index (χ1) is 15.8. The highest BCUT2D eigenvalue weighted by molar-refractivity contribution is 5.59. The number of nitrogens with one attached hydrogen (secondary N) is 1. The summed E-state index contributed by atoms with van der Waals surface area (Å²) in [6.07, 6.45) is -0.206.